The standard InChI is InChI=1S/C17H16N4O3/c1-23-13-7-12(8-14(9-13)24-2)19-17(22)16-10-15(20-21-16)11-3-5-18-6-4-11/h3-10H,1-2H3,(H,19,22)(H,20,21). The second-order valence-electron chi connectivity index (χ2n) is 4.96. The van der Waals surface area contributed by atoms with Gasteiger partial charge in [-0.25, -0.2) is 0 Å². The normalized spacial score (nSPS) is 10.2. The zero-order valence-electron chi connectivity index (χ0n) is 13.2. The number of amides is 1. The van der Waals surface area contributed by atoms with Crippen molar-refractivity contribution in [3.8, 4) is 22.8 Å². The molecule has 0 atom stereocenters. The second kappa shape index (κ2) is 6.82. The summed E-state index contributed by atoms with van der Waals surface area (Å²) < 4.78 is 10.4. The number of carbonyl (C=O) groups excluding carboxylic acids is 1. The summed E-state index contributed by atoms with van der Waals surface area (Å²) in [5.41, 5.74) is 2.47. The van der Waals surface area contributed by atoms with Crippen LogP contribution in [0.5, 0.6) is 11.5 Å². The predicted molar refractivity (Wildman–Crippen MR) is 89.3 cm³/mol. The van der Waals surface area contributed by atoms with Crippen LogP contribution < -0.4 is 14.8 Å². The van der Waals surface area contributed by atoms with E-state index in [9.17, 15) is 4.79 Å². The zero-order chi connectivity index (χ0) is 16.9. The number of aromatic nitrogens is 3. The minimum atomic E-state index is -0.307. The lowest BCUT2D eigenvalue weighted by atomic mass is 10.2. The summed E-state index contributed by atoms with van der Waals surface area (Å²) in [7, 11) is 3.10. The smallest absolute Gasteiger partial charge is 0.273 e. The molecule has 0 spiro atoms. The third-order valence-electron chi connectivity index (χ3n) is 3.41. The van der Waals surface area contributed by atoms with Crippen LogP contribution in [0.15, 0.2) is 48.8 Å². The Balaban J connectivity index is 1.80. The topological polar surface area (TPSA) is 89.1 Å². The average molecular weight is 324 g/mol. The number of methoxy groups -OCH3 is 2. The molecule has 2 N–H and O–H groups in total. The van der Waals surface area contributed by atoms with Crippen molar-refractivity contribution in [2.45, 2.75) is 0 Å². The molecule has 0 fully saturated rings. The maximum Gasteiger partial charge on any atom is 0.273 e. The fourth-order valence-corrected chi connectivity index (χ4v) is 2.19. The van der Waals surface area contributed by atoms with Gasteiger partial charge in [-0.15, -0.1) is 0 Å². The molecule has 7 nitrogen and oxygen atoms in total. The summed E-state index contributed by atoms with van der Waals surface area (Å²) in [6, 6.07) is 10.5. The number of carbonyl (C=O) groups is 1. The lowest BCUT2D eigenvalue weighted by Gasteiger charge is -2.09. The summed E-state index contributed by atoms with van der Waals surface area (Å²) in [6.07, 6.45) is 3.35. The van der Waals surface area contributed by atoms with E-state index in [2.05, 4.69) is 20.5 Å². The van der Waals surface area contributed by atoms with Gasteiger partial charge in [0.25, 0.3) is 5.91 Å². The number of aromatic amines is 1. The molecule has 3 rings (SSSR count). The van der Waals surface area contributed by atoms with Gasteiger partial charge in [-0.1, -0.05) is 0 Å². The van der Waals surface area contributed by atoms with E-state index in [1.54, 1.807) is 50.9 Å². The summed E-state index contributed by atoms with van der Waals surface area (Å²) in [6.45, 7) is 0. The van der Waals surface area contributed by atoms with E-state index in [4.69, 9.17) is 9.47 Å². The molecule has 24 heavy (non-hydrogen) atoms. The molecule has 1 aromatic carbocycles. The van der Waals surface area contributed by atoms with Crippen LogP contribution in [0.1, 0.15) is 10.5 Å². The van der Waals surface area contributed by atoms with E-state index in [1.807, 2.05) is 12.1 Å². The number of nitrogens with zero attached hydrogens (tertiary/aromatic N) is 2. The van der Waals surface area contributed by atoms with E-state index in [0.29, 0.717) is 28.6 Å². The van der Waals surface area contributed by atoms with Crippen molar-refractivity contribution >= 4 is 11.6 Å². The van der Waals surface area contributed by atoms with Crippen LogP contribution >= 0.6 is 0 Å². The van der Waals surface area contributed by atoms with Crippen molar-refractivity contribution in [3.63, 3.8) is 0 Å². The molecule has 0 saturated carbocycles. The molecule has 0 aliphatic rings. The zero-order valence-corrected chi connectivity index (χ0v) is 13.2. The number of H-pyrrole nitrogens is 1. The number of rotatable bonds is 5. The lowest BCUT2D eigenvalue weighted by Crippen LogP contribution is -2.12. The monoisotopic (exact) mass is 324 g/mol. The molecule has 0 radical (unpaired) electrons. The first-order valence-corrected chi connectivity index (χ1v) is 7.20. The fraction of sp³-hybridized carbons (Fsp3) is 0.118. The van der Waals surface area contributed by atoms with E-state index < -0.39 is 0 Å². The van der Waals surface area contributed by atoms with Crippen LogP contribution in [-0.2, 0) is 0 Å². The van der Waals surface area contributed by atoms with Crippen molar-refractivity contribution < 1.29 is 14.3 Å². The van der Waals surface area contributed by atoms with Crippen molar-refractivity contribution in [2.75, 3.05) is 19.5 Å². The van der Waals surface area contributed by atoms with E-state index in [-0.39, 0.29) is 5.91 Å². The van der Waals surface area contributed by atoms with Gasteiger partial charge in [0.15, 0.2) is 0 Å². The van der Waals surface area contributed by atoms with E-state index >= 15 is 0 Å². The van der Waals surface area contributed by atoms with Crippen LogP contribution in [0, 0.1) is 0 Å². The highest BCUT2D eigenvalue weighted by atomic mass is 16.5. The maximum absolute atomic E-state index is 12.4. The highest BCUT2D eigenvalue weighted by Gasteiger charge is 2.12. The Morgan fingerprint density at radius 1 is 1.04 bits per heavy atom. The van der Waals surface area contributed by atoms with Gasteiger partial charge in [0.2, 0.25) is 0 Å². The second-order valence-corrected chi connectivity index (χ2v) is 4.96. The number of benzene rings is 1. The third-order valence-corrected chi connectivity index (χ3v) is 3.41. The van der Waals surface area contributed by atoms with Crippen LogP contribution in [0.3, 0.4) is 0 Å². The molecular formula is C17H16N4O3. The molecule has 3 aromatic rings. The number of hydrogen-bond donors (Lipinski definition) is 2. The Kier molecular flexibility index (Phi) is 4.42. The SMILES string of the molecule is COc1cc(NC(=O)c2cc(-c3ccncc3)n[nH]2)cc(OC)c1. The third kappa shape index (κ3) is 3.35. The molecule has 2 aromatic heterocycles. The molecule has 2 heterocycles. The first-order valence-electron chi connectivity index (χ1n) is 7.20. The summed E-state index contributed by atoms with van der Waals surface area (Å²) in [5.74, 6) is 0.872. The molecule has 0 bridgehead atoms. The summed E-state index contributed by atoms with van der Waals surface area (Å²) in [5, 5.41) is 9.68. The number of hydrogen-bond acceptors (Lipinski definition) is 5. The van der Waals surface area contributed by atoms with Gasteiger partial charge in [-0.2, -0.15) is 5.10 Å². The quantitative estimate of drug-likeness (QED) is 0.753. The van der Waals surface area contributed by atoms with Gasteiger partial charge in [0.05, 0.1) is 19.9 Å². The number of pyridine rings is 1. The van der Waals surface area contributed by atoms with Crippen LogP contribution in [0.25, 0.3) is 11.3 Å². The fourth-order valence-electron chi connectivity index (χ4n) is 2.19. The highest BCUT2D eigenvalue weighted by molar-refractivity contribution is 6.03. The van der Waals surface area contributed by atoms with Gasteiger partial charge in [-0.05, 0) is 18.2 Å². The molecule has 0 unspecified atom stereocenters. The van der Waals surface area contributed by atoms with E-state index in [0.717, 1.165) is 5.56 Å². The first-order chi connectivity index (χ1) is 11.7. The van der Waals surface area contributed by atoms with Crippen LogP contribution in [0.4, 0.5) is 5.69 Å². The molecule has 0 aliphatic heterocycles. The van der Waals surface area contributed by atoms with Gasteiger partial charge >= 0.3 is 0 Å². The van der Waals surface area contributed by atoms with E-state index in [1.165, 1.54) is 0 Å². The number of ether oxygens (including phenoxy) is 2. The molecule has 0 saturated heterocycles. The van der Waals surface area contributed by atoms with Crippen molar-refractivity contribution in [1.82, 2.24) is 15.2 Å². The molecule has 1 amide bonds. The molecular weight excluding hydrogens is 308 g/mol. The van der Waals surface area contributed by atoms with Crippen LogP contribution in [0.2, 0.25) is 0 Å². The molecule has 7 heteroatoms. The largest absolute Gasteiger partial charge is 0.497 e. The summed E-state index contributed by atoms with van der Waals surface area (Å²) >= 11 is 0. The van der Waals surface area contributed by atoms with Gasteiger partial charge in [0, 0.05) is 41.8 Å². The Morgan fingerprint density at radius 2 is 1.71 bits per heavy atom. The average Bonchev–Trinajstić information content (AvgIpc) is 3.12. The molecule has 0 aliphatic carbocycles. The lowest BCUT2D eigenvalue weighted by molar-refractivity contribution is 0.102. The van der Waals surface area contributed by atoms with Gasteiger partial charge in [0.1, 0.15) is 17.2 Å². The van der Waals surface area contributed by atoms with Crippen molar-refractivity contribution in [3.05, 3.63) is 54.5 Å². The van der Waals surface area contributed by atoms with Gasteiger partial charge in [-0.3, -0.25) is 14.9 Å². The van der Waals surface area contributed by atoms with Crippen LogP contribution in [-0.4, -0.2) is 35.3 Å². The Labute approximate surface area is 138 Å². The number of nitrogens with one attached hydrogen (secondary N) is 2. The Morgan fingerprint density at radius 3 is 2.33 bits per heavy atom. The minimum Gasteiger partial charge on any atom is -0.497 e. The van der Waals surface area contributed by atoms with Gasteiger partial charge < -0.3 is 14.8 Å². The maximum atomic E-state index is 12.4. The Bertz CT molecular complexity index is 824. The highest BCUT2D eigenvalue weighted by Crippen LogP contribution is 2.26. The summed E-state index contributed by atoms with van der Waals surface area (Å²) in [4.78, 5) is 16.3. The molecule has 122 valence electrons. The van der Waals surface area contributed by atoms with Crippen molar-refractivity contribution in [1.29, 1.82) is 0 Å². The first kappa shape index (κ1) is 15.5. The minimum absolute atomic E-state index is 0.307. The van der Waals surface area contributed by atoms with Crippen molar-refractivity contribution in [2.24, 2.45) is 0 Å². The predicted octanol–water partition coefficient (Wildman–Crippen LogP) is 2.74. The number of anilines is 1. The Hall–Kier alpha value is -3.35.